The van der Waals surface area contributed by atoms with Crippen LogP contribution in [-0.4, -0.2) is 9.13 Å². The topological polar surface area (TPSA) is 81.2 Å². The average Bonchev–Trinajstić information content (AvgIpc) is 3.85. The summed E-state index contributed by atoms with van der Waals surface area (Å²) in [6, 6.07) is 54.0. The maximum atomic E-state index is 10.8. The summed E-state index contributed by atoms with van der Waals surface area (Å²) in [6.45, 7) is 0. The van der Waals surface area contributed by atoms with E-state index < -0.39 is 0 Å². The molecule has 0 amide bonds. The van der Waals surface area contributed by atoms with E-state index in [0.717, 1.165) is 60.2 Å². The molecule has 0 aliphatic carbocycles. The molecule has 0 fully saturated rings. The molecule has 10 aromatic rings. The van der Waals surface area contributed by atoms with E-state index in [4.69, 9.17) is 0 Å². The molecule has 0 saturated heterocycles. The molecule has 0 aliphatic rings. The highest BCUT2D eigenvalue weighted by Gasteiger charge is 2.23. The number of nitrogens with zero attached hydrogens (tertiary/aromatic N) is 5. The molecule has 0 atom stereocenters. The van der Waals surface area contributed by atoms with Crippen LogP contribution < -0.4 is 0 Å². The Bertz CT molecular complexity index is 3190. The number of nitriles is 3. The molecule has 51 heavy (non-hydrogen) atoms. The van der Waals surface area contributed by atoms with Crippen molar-refractivity contribution in [2.75, 3.05) is 0 Å². The van der Waals surface area contributed by atoms with E-state index in [-0.39, 0.29) is 0 Å². The normalized spacial score (nSPS) is 11.5. The van der Waals surface area contributed by atoms with Crippen molar-refractivity contribution in [1.82, 2.24) is 9.13 Å². The second-order valence-corrected chi connectivity index (χ2v) is 13.7. The molecule has 0 N–H and O–H groups in total. The number of benzene rings is 7. The predicted octanol–water partition coefficient (Wildman–Crippen LogP) is 11.5. The van der Waals surface area contributed by atoms with E-state index in [1.165, 1.54) is 14.8 Å². The second-order valence-electron chi connectivity index (χ2n) is 12.6. The number of hydrogen-bond acceptors (Lipinski definition) is 4. The van der Waals surface area contributed by atoms with E-state index >= 15 is 0 Å². The van der Waals surface area contributed by atoms with Crippen LogP contribution in [0.2, 0.25) is 0 Å². The maximum Gasteiger partial charge on any atom is 0.101 e. The minimum absolute atomic E-state index is 0.434. The molecule has 6 heteroatoms. The molecule has 10 rings (SSSR count). The van der Waals surface area contributed by atoms with Crippen LogP contribution in [0.3, 0.4) is 0 Å². The Morgan fingerprint density at radius 1 is 0.431 bits per heavy atom. The van der Waals surface area contributed by atoms with Crippen LogP contribution in [0.15, 0.2) is 140 Å². The zero-order valence-corrected chi connectivity index (χ0v) is 27.7. The first-order valence-corrected chi connectivity index (χ1v) is 17.4. The first-order chi connectivity index (χ1) is 25.2. The van der Waals surface area contributed by atoms with Crippen molar-refractivity contribution in [3.8, 4) is 40.7 Å². The molecule has 0 unspecified atom stereocenters. The van der Waals surface area contributed by atoms with Crippen molar-refractivity contribution in [3.05, 3.63) is 156 Å². The standard InChI is InChI=1S/C45H23N5S/c46-24-27-17-18-33(36-22-29(26-48)40(23-28(36)25-47)49-37-13-5-1-9-30(37)31-10-2-6-14-38(31)49)41(21-27)50-39-15-7-3-11-32(39)34-19-20-43-44(45(34)50)35-12-4-8-16-42(35)51-43/h1-23H. The fraction of sp³-hybridized carbons (Fsp3) is 0. The van der Waals surface area contributed by atoms with E-state index in [1.807, 2.05) is 66.7 Å². The highest BCUT2D eigenvalue weighted by atomic mass is 32.1. The summed E-state index contributed by atoms with van der Waals surface area (Å²) in [4.78, 5) is 0. The molecule has 3 heterocycles. The van der Waals surface area contributed by atoms with Gasteiger partial charge in [-0.05, 0) is 54.6 Å². The first-order valence-electron chi connectivity index (χ1n) is 16.5. The molecule has 0 radical (unpaired) electrons. The number of aromatic nitrogens is 2. The third kappa shape index (κ3) is 4.05. The smallest absolute Gasteiger partial charge is 0.101 e. The van der Waals surface area contributed by atoms with Crippen LogP contribution in [0.5, 0.6) is 0 Å². The van der Waals surface area contributed by atoms with E-state index in [1.54, 1.807) is 17.4 Å². The van der Waals surface area contributed by atoms with Gasteiger partial charge >= 0.3 is 0 Å². The molecular weight excluding hydrogens is 643 g/mol. The lowest BCUT2D eigenvalue weighted by Crippen LogP contribution is -2.03. The summed E-state index contributed by atoms with van der Waals surface area (Å²) in [6.07, 6.45) is 0. The maximum absolute atomic E-state index is 10.8. The SMILES string of the molecule is N#Cc1ccc(-c2cc(C#N)c(-n3c4ccccc4c4ccccc43)cc2C#N)c(-n2c3ccccc3c3ccc4sc5ccccc5c4c32)c1. The van der Waals surface area contributed by atoms with Crippen LogP contribution in [0.1, 0.15) is 16.7 Å². The number of para-hydroxylation sites is 3. The quantitative estimate of drug-likeness (QED) is 0.188. The minimum Gasteiger partial charge on any atom is -0.308 e. The predicted molar refractivity (Wildman–Crippen MR) is 208 cm³/mol. The van der Waals surface area contributed by atoms with Gasteiger partial charge in [-0.2, -0.15) is 15.8 Å². The number of hydrogen-bond donors (Lipinski definition) is 0. The largest absolute Gasteiger partial charge is 0.308 e. The van der Waals surface area contributed by atoms with Crippen molar-refractivity contribution >= 4 is 75.1 Å². The molecule has 0 aliphatic heterocycles. The number of thiophene rings is 1. The van der Waals surface area contributed by atoms with Gasteiger partial charge in [-0.15, -0.1) is 11.3 Å². The molecule has 7 aromatic carbocycles. The summed E-state index contributed by atoms with van der Waals surface area (Å²) < 4.78 is 6.70. The van der Waals surface area contributed by atoms with Gasteiger partial charge in [-0.25, -0.2) is 0 Å². The number of fused-ring (bicyclic) bond motifs is 10. The fourth-order valence-corrected chi connectivity index (χ4v) is 9.00. The highest BCUT2D eigenvalue weighted by molar-refractivity contribution is 7.26. The minimum atomic E-state index is 0.434. The molecular formula is C45H23N5S. The van der Waals surface area contributed by atoms with E-state index in [2.05, 4.69) is 94.1 Å². The summed E-state index contributed by atoms with van der Waals surface area (Å²) in [5.74, 6) is 0. The first kappa shape index (κ1) is 28.8. The summed E-state index contributed by atoms with van der Waals surface area (Å²) in [7, 11) is 0. The van der Waals surface area contributed by atoms with Crippen LogP contribution in [0.25, 0.3) is 86.3 Å². The zero-order chi connectivity index (χ0) is 34.2. The van der Waals surface area contributed by atoms with Gasteiger partial charge in [0.1, 0.15) is 6.07 Å². The molecule has 234 valence electrons. The van der Waals surface area contributed by atoms with Gasteiger partial charge in [-0.1, -0.05) is 84.9 Å². The molecule has 0 bridgehead atoms. The summed E-state index contributed by atoms with van der Waals surface area (Å²) in [5, 5.41) is 38.4. The number of rotatable bonds is 3. The Labute approximate surface area is 295 Å². The lowest BCUT2D eigenvalue weighted by atomic mass is 9.94. The van der Waals surface area contributed by atoms with Crippen LogP contribution in [0.4, 0.5) is 0 Å². The Morgan fingerprint density at radius 2 is 1.04 bits per heavy atom. The Morgan fingerprint density at radius 3 is 1.71 bits per heavy atom. The Hall–Kier alpha value is -7.17. The van der Waals surface area contributed by atoms with Gasteiger partial charge < -0.3 is 9.13 Å². The van der Waals surface area contributed by atoms with Crippen molar-refractivity contribution in [1.29, 1.82) is 15.8 Å². The van der Waals surface area contributed by atoms with Crippen molar-refractivity contribution in [2.45, 2.75) is 0 Å². The van der Waals surface area contributed by atoms with Gasteiger partial charge in [0, 0.05) is 52.8 Å². The van der Waals surface area contributed by atoms with Gasteiger partial charge in [0.2, 0.25) is 0 Å². The lowest BCUT2D eigenvalue weighted by Gasteiger charge is -2.18. The summed E-state index contributed by atoms with van der Waals surface area (Å²) in [5.41, 5.74) is 8.15. The van der Waals surface area contributed by atoms with Crippen molar-refractivity contribution < 1.29 is 0 Å². The molecule has 3 aromatic heterocycles. The third-order valence-electron chi connectivity index (χ3n) is 10.0. The van der Waals surface area contributed by atoms with Crippen LogP contribution in [0, 0.1) is 34.0 Å². The van der Waals surface area contributed by atoms with Crippen molar-refractivity contribution in [3.63, 3.8) is 0 Å². The van der Waals surface area contributed by atoms with Crippen LogP contribution in [-0.2, 0) is 0 Å². The molecule has 0 spiro atoms. The van der Waals surface area contributed by atoms with E-state index in [9.17, 15) is 15.8 Å². The van der Waals surface area contributed by atoms with Gasteiger partial charge in [0.25, 0.3) is 0 Å². The molecule has 0 saturated carbocycles. The Kier molecular flexibility index (Phi) is 6.17. The Balaban J connectivity index is 1.32. The third-order valence-corrected chi connectivity index (χ3v) is 11.2. The monoisotopic (exact) mass is 665 g/mol. The lowest BCUT2D eigenvalue weighted by molar-refractivity contribution is 1.16. The van der Waals surface area contributed by atoms with Gasteiger partial charge in [0.15, 0.2) is 0 Å². The van der Waals surface area contributed by atoms with Crippen LogP contribution >= 0.6 is 11.3 Å². The fourth-order valence-electron chi connectivity index (χ4n) is 7.89. The highest BCUT2D eigenvalue weighted by Crippen LogP contribution is 2.45. The van der Waals surface area contributed by atoms with E-state index in [0.29, 0.717) is 27.9 Å². The van der Waals surface area contributed by atoms with Gasteiger partial charge in [0.05, 0.1) is 62.3 Å². The second kappa shape index (κ2) is 10.9. The van der Waals surface area contributed by atoms with Gasteiger partial charge in [-0.3, -0.25) is 0 Å². The zero-order valence-electron chi connectivity index (χ0n) is 26.9. The summed E-state index contributed by atoms with van der Waals surface area (Å²) >= 11 is 1.76. The average molecular weight is 666 g/mol. The molecule has 5 nitrogen and oxygen atoms in total. The van der Waals surface area contributed by atoms with Crippen molar-refractivity contribution in [2.24, 2.45) is 0 Å².